The highest BCUT2D eigenvalue weighted by Crippen LogP contribution is 2.48. The van der Waals surface area contributed by atoms with Crippen LogP contribution in [0.15, 0.2) is 4.99 Å². The van der Waals surface area contributed by atoms with E-state index in [1.807, 2.05) is 13.8 Å². The molecule has 1 aliphatic rings. The van der Waals surface area contributed by atoms with Gasteiger partial charge in [-0.1, -0.05) is 13.8 Å². The summed E-state index contributed by atoms with van der Waals surface area (Å²) >= 11 is 0. The number of ether oxygens (including phenoxy) is 1. The second-order valence-corrected chi connectivity index (χ2v) is 5.97. The third-order valence-electron chi connectivity index (χ3n) is 4.88. The zero-order valence-corrected chi connectivity index (χ0v) is 15.4. The minimum absolute atomic E-state index is 0.0530. The molecule has 0 radical (unpaired) electrons. The quantitative estimate of drug-likeness (QED) is 0.445. The van der Waals surface area contributed by atoms with Gasteiger partial charge in [-0.05, 0) is 40.0 Å². The second kappa shape index (κ2) is 9.75. The third-order valence-corrected chi connectivity index (χ3v) is 4.88. The lowest BCUT2D eigenvalue weighted by atomic mass is 9.58. The van der Waals surface area contributed by atoms with E-state index in [2.05, 4.69) is 41.7 Å². The lowest BCUT2D eigenvalue weighted by Crippen LogP contribution is -2.65. The summed E-state index contributed by atoms with van der Waals surface area (Å²) in [5.74, 6) is 0.660. The smallest absolute Gasteiger partial charge is 0.241 e. The van der Waals surface area contributed by atoms with Crippen LogP contribution in [0.3, 0.4) is 0 Å². The molecular weight excluding hydrogens is 292 g/mol. The summed E-state index contributed by atoms with van der Waals surface area (Å²) in [6, 6.07) is 0.334. The van der Waals surface area contributed by atoms with Gasteiger partial charge in [0.15, 0.2) is 5.96 Å². The van der Waals surface area contributed by atoms with Gasteiger partial charge in [0.2, 0.25) is 5.91 Å². The Balaban J connectivity index is 2.72. The highest BCUT2D eigenvalue weighted by atomic mass is 16.5. The molecule has 6 nitrogen and oxygen atoms in total. The van der Waals surface area contributed by atoms with E-state index in [-0.39, 0.29) is 17.9 Å². The van der Waals surface area contributed by atoms with Gasteiger partial charge < -0.3 is 20.7 Å². The Hall–Kier alpha value is -1.30. The van der Waals surface area contributed by atoms with Crippen LogP contribution < -0.4 is 16.0 Å². The third kappa shape index (κ3) is 4.83. The summed E-state index contributed by atoms with van der Waals surface area (Å²) in [6.07, 6.45) is 3.44. The second-order valence-electron chi connectivity index (χ2n) is 5.97. The highest BCUT2D eigenvalue weighted by molar-refractivity contribution is 5.85. The van der Waals surface area contributed by atoms with Crippen molar-refractivity contribution in [2.75, 3.05) is 26.2 Å². The molecule has 0 spiro atoms. The van der Waals surface area contributed by atoms with E-state index in [9.17, 15) is 4.79 Å². The van der Waals surface area contributed by atoms with Crippen molar-refractivity contribution < 1.29 is 9.53 Å². The van der Waals surface area contributed by atoms with Crippen LogP contribution in [-0.2, 0) is 9.53 Å². The van der Waals surface area contributed by atoms with Gasteiger partial charge in [-0.3, -0.25) is 4.79 Å². The molecule has 0 saturated heterocycles. The Morgan fingerprint density at radius 2 is 1.78 bits per heavy atom. The molecular formula is C17H34N4O2. The minimum atomic E-state index is -0.0530. The molecule has 2 unspecified atom stereocenters. The van der Waals surface area contributed by atoms with Crippen molar-refractivity contribution in [2.45, 2.75) is 66.0 Å². The molecule has 1 fully saturated rings. The first-order chi connectivity index (χ1) is 11.1. The van der Waals surface area contributed by atoms with E-state index in [1.54, 1.807) is 0 Å². The van der Waals surface area contributed by atoms with E-state index >= 15 is 0 Å². The highest BCUT2D eigenvalue weighted by Gasteiger charge is 2.53. The maximum Gasteiger partial charge on any atom is 0.241 e. The maximum absolute atomic E-state index is 11.6. The topological polar surface area (TPSA) is 74.8 Å². The fourth-order valence-electron chi connectivity index (χ4n) is 3.47. The summed E-state index contributed by atoms with van der Waals surface area (Å²) in [6.45, 7) is 12.7. The molecule has 6 heteroatoms. The Morgan fingerprint density at radius 1 is 1.13 bits per heavy atom. The number of hydrogen-bond acceptors (Lipinski definition) is 3. The normalized spacial score (nSPS) is 23.1. The van der Waals surface area contributed by atoms with Crippen molar-refractivity contribution in [3.63, 3.8) is 0 Å². The van der Waals surface area contributed by atoms with Gasteiger partial charge in [0.05, 0.1) is 6.10 Å². The average molecular weight is 326 g/mol. The van der Waals surface area contributed by atoms with Crippen molar-refractivity contribution in [1.29, 1.82) is 0 Å². The number of hydrogen-bond donors (Lipinski definition) is 3. The number of carbonyl (C=O) groups excluding carboxylic acids is 1. The van der Waals surface area contributed by atoms with Crippen LogP contribution in [0.5, 0.6) is 0 Å². The molecule has 0 aromatic rings. The number of nitrogens with one attached hydrogen (secondary N) is 3. The molecule has 1 rings (SSSR count). The zero-order valence-electron chi connectivity index (χ0n) is 15.4. The molecule has 1 amide bonds. The maximum atomic E-state index is 11.6. The number of amides is 1. The van der Waals surface area contributed by atoms with Crippen molar-refractivity contribution in [1.82, 2.24) is 16.0 Å². The molecule has 134 valence electrons. The average Bonchev–Trinajstić information content (AvgIpc) is 2.53. The number of likely N-dealkylation sites (N-methyl/N-ethyl adjacent to an activating group) is 1. The fraction of sp³-hybridized carbons (Fsp3) is 0.882. The molecule has 23 heavy (non-hydrogen) atoms. The molecule has 1 saturated carbocycles. The zero-order chi connectivity index (χ0) is 17.3. The van der Waals surface area contributed by atoms with E-state index in [0.717, 1.165) is 32.4 Å². The minimum Gasteiger partial charge on any atom is -0.378 e. The summed E-state index contributed by atoms with van der Waals surface area (Å²) < 4.78 is 5.91. The summed E-state index contributed by atoms with van der Waals surface area (Å²) in [5.41, 5.74) is 0.151. The molecule has 0 heterocycles. The van der Waals surface area contributed by atoms with Gasteiger partial charge in [-0.25, -0.2) is 4.99 Å². The summed E-state index contributed by atoms with van der Waals surface area (Å²) in [7, 11) is 0. The Labute approximate surface area is 140 Å². The van der Waals surface area contributed by atoms with Crippen LogP contribution in [0.2, 0.25) is 0 Å². The summed E-state index contributed by atoms with van der Waals surface area (Å²) in [4.78, 5) is 16.0. The molecule has 2 atom stereocenters. The number of rotatable bonds is 9. The van der Waals surface area contributed by atoms with Gasteiger partial charge >= 0.3 is 0 Å². The fourth-order valence-corrected chi connectivity index (χ4v) is 3.47. The number of aliphatic imine (C=N–C) groups is 1. The van der Waals surface area contributed by atoms with Crippen LogP contribution in [0.1, 0.15) is 53.9 Å². The van der Waals surface area contributed by atoms with Gasteiger partial charge in [-0.2, -0.15) is 0 Å². The van der Waals surface area contributed by atoms with Crippen LogP contribution in [0, 0.1) is 5.41 Å². The van der Waals surface area contributed by atoms with Crippen molar-refractivity contribution in [2.24, 2.45) is 10.4 Å². The standard InChI is InChI=1S/C17H34N4O2/c1-6-17(7-2)13(11-14(17)23-10-5)21-16(19-9-4)20-12-15(22)18-8-3/h13-14H,6-12H2,1-5H3,(H,18,22)(H2,19,20,21). The molecule has 0 aliphatic heterocycles. The van der Waals surface area contributed by atoms with Gasteiger partial charge in [0.1, 0.15) is 6.54 Å². The summed E-state index contributed by atoms with van der Waals surface area (Å²) in [5, 5.41) is 9.51. The largest absolute Gasteiger partial charge is 0.378 e. The van der Waals surface area contributed by atoms with Crippen molar-refractivity contribution >= 4 is 11.9 Å². The van der Waals surface area contributed by atoms with E-state index in [1.165, 1.54) is 0 Å². The number of carbonyl (C=O) groups is 1. The first kappa shape index (κ1) is 19.7. The molecule has 0 bridgehead atoms. The van der Waals surface area contributed by atoms with Gasteiger partial charge in [-0.15, -0.1) is 0 Å². The first-order valence-corrected chi connectivity index (χ1v) is 9.00. The van der Waals surface area contributed by atoms with Crippen molar-refractivity contribution in [3.8, 4) is 0 Å². The van der Waals surface area contributed by atoms with Crippen LogP contribution in [-0.4, -0.2) is 50.3 Å². The Bertz CT molecular complexity index is 394. The Morgan fingerprint density at radius 3 is 2.30 bits per heavy atom. The molecule has 0 aromatic heterocycles. The lowest BCUT2D eigenvalue weighted by molar-refractivity contribution is -0.133. The molecule has 0 aromatic carbocycles. The SMILES string of the molecule is CCNC(=O)CN=C(NCC)NC1CC(OCC)C1(CC)CC. The van der Waals surface area contributed by atoms with Crippen LogP contribution in [0.25, 0.3) is 0 Å². The number of guanidine groups is 1. The van der Waals surface area contributed by atoms with Crippen molar-refractivity contribution in [3.05, 3.63) is 0 Å². The predicted molar refractivity (Wildman–Crippen MR) is 94.6 cm³/mol. The molecule has 3 N–H and O–H groups in total. The predicted octanol–water partition coefficient (Wildman–Crippen LogP) is 1.66. The van der Waals surface area contributed by atoms with E-state index in [0.29, 0.717) is 24.7 Å². The van der Waals surface area contributed by atoms with E-state index < -0.39 is 0 Å². The monoisotopic (exact) mass is 326 g/mol. The van der Waals surface area contributed by atoms with E-state index in [4.69, 9.17) is 4.74 Å². The van der Waals surface area contributed by atoms with Gasteiger partial charge in [0, 0.05) is 31.2 Å². The first-order valence-electron chi connectivity index (χ1n) is 9.00. The van der Waals surface area contributed by atoms with Crippen LogP contribution >= 0.6 is 0 Å². The number of nitrogens with zero attached hydrogens (tertiary/aromatic N) is 1. The van der Waals surface area contributed by atoms with Gasteiger partial charge in [0.25, 0.3) is 0 Å². The molecule has 1 aliphatic carbocycles. The Kier molecular flexibility index (Phi) is 8.37. The lowest BCUT2D eigenvalue weighted by Gasteiger charge is -2.55. The van der Waals surface area contributed by atoms with Crippen LogP contribution in [0.4, 0.5) is 0 Å².